The summed E-state index contributed by atoms with van der Waals surface area (Å²) in [5.41, 5.74) is 35.4. The molecule has 0 aliphatic carbocycles. The first-order valence-electron chi connectivity index (χ1n) is 43.5. The van der Waals surface area contributed by atoms with E-state index >= 15 is 0 Å². The Morgan fingerprint density at radius 1 is 0.302 bits per heavy atom. The molecule has 4 radical (unpaired) electrons. The molecule has 0 bridgehead atoms. The van der Waals surface area contributed by atoms with Crippen LogP contribution >= 0.6 is 0 Å². The average Bonchev–Trinajstić information content (AvgIpc) is 1.59. The van der Waals surface area contributed by atoms with Crippen LogP contribution in [0.1, 0.15) is 57.6 Å². The van der Waals surface area contributed by atoms with Crippen molar-refractivity contribution >= 4 is 108 Å². The Morgan fingerprint density at radius 2 is 0.504 bits per heavy atom. The Kier molecular flexibility index (Phi) is 29.0. The van der Waals surface area contributed by atoms with Crippen LogP contribution in [0.3, 0.4) is 0 Å². The molecular weight excluding hydrogens is 1580 g/mol. The average molecular weight is 1680 g/mol. The second-order valence-corrected chi connectivity index (χ2v) is 31.8. The van der Waals surface area contributed by atoms with Gasteiger partial charge in [0.15, 0.2) is 0 Å². The van der Waals surface area contributed by atoms with Gasteiger partial charge in [-0.1, -0.05) is 337 Å². The number of rotatable bonds is 19. The zero-order chi connectivity index (χ0) is 86.8. The molecule has 1 aliphatic rings. The Bertz CT molecular complexity index is 6900. The Balaban J connectivity index is 0.000000179. The molecule has 0 spiro atoms. The number of ether oxygens (including phenoxy) is 1. The molecule has 1 fully saturated rings. The van der Waals surface area contributed by atoms with Crippen LogP contribution in [0.25, 0.3) is 150 Å². The number of terminal acetylenes is 1. The first-order chi connectivity index (χ1) is 62.8. The molecule has 2 aromatic heterocycles. The molecule has 8 heteroatoms. The van der Waals surface area contributed by atoms with Crippen molar-refractivity contribution < 1.29 is 4.74 Å². The van der Waals surface area contributed by atoms with Crippen molar-refractivity contribution in [2.24, 2.45) is 0 Å². The van der Waals surface area contributed by atoms with Crippen molar-refractivity contribution in [2.45, 2.75) is 46.5 Å². The van der Waals surface area contributed by atoms with E-state index in [0.717, 1.165) is 70.7 Å². The van der Waals surface area contributed by atoms with Crippen LogP contribution in [-0.2, 0) is 4.74 Å². The maximum atomic E-state index is 5.67. The van der Waals surface area contributed by atoms with E-state index in [-0.39, 0.29) is 15.8 Å². The second-order valence-electron chi connectivity index (χ2n) is 31.8. The van der Waals surface area contributed by atoms with Gasteiger partial charge in [-0.15, -0.1) is 12.8 Å². The van der Waals surface area contributed by atoms with Crippen LogP contribution in [0.15, 0.2) is 455 Å². The van der Waals surface area contributed by atoms with E-state index in [1.54, 1.807) is 16.1 Å². The Labute approximate surface area is 770 Å². The topological polar surface area (TPSA) is 49.4 Å². The number of hydrogen-bond donors (Lipinski definition) is 1. The number of anilines is 6. The van der Waals surface area contributed by atoms with Crippen LogP contribution < -0.4 is 9.80 Å². The third kappa shape index (κ3) is 19.6. The molecular formula is C121H101AlBN5O. The van der Waals surface area contributed by atoms with Gasteiger partial charge in [-0.3, -0.25) is 0 Å². The van der Waals surface area contributed by atoms with Gasteiger partial charge in [-0.2, -0.15) is 0 Å². The van der Waals surface area contributed by atoms with Crippen LogP contribution in [0.5, 0.6) is 0 Å². The van der Waals surface area contributed by atoms with Crippen LogP contribution in [0.4, 0.5) is 34.1 Å². The van der Waals surface area contributed by atoms with Crippen LogP contribution in [0.2, 0.25) is 0 Å². The van der Waals surface area contributed by atoms with Gasteiger partial charge in [0.25, 0.3) is 0 Å². The first kappa shape index (κ1) is 88.7. The fraction of sp³-hybridized carbons (Fsp3) is 0.0744. The fourth-order valence-electron chi connectivity index (χ4n) is 17.3. The number of hydrogen-bond acceptors (Lipinski definition) is 4. The molecule has 20 aromatic rings. The van der Waals surface area contributed by atoms with Gasteiger partial charge >= 0.3 is 20.4 Å². The molecule has 1 atom stereocenters. The summed E-state index contributed by atoms with van der Waals surface area (Å²) in [6.45, 7) is 10.5. The second kappa shape index (κ2) is 42.2. The molecule has 622 valence electrons. The number of nitrogens with zero attached hydrogens (tertiary/aromatic N) is 4. The van der Waals surface area contributed by atoms with E-state index in [2.05, 4.69) is 501 Å². The molecule has 1 saturated heterocycles. The number of fused-ring (bicyclic) bond motifs is 6. The molecule has 1 aliphatic heterocycles. The van der Waals surface area contributed by atoms with Crippen molar-refractivity contribution in [1.29, 1.82) is 4.35 Å². The van der Waals surface area contributed by atoms with Crippen molar-refractivity contribution in [3.8, 4) is 113 Å². The van der Waals surface area contributed by atoms with Gasteiger partial charge < -0.3 is 23.7 Å². The minimum atomic E-state index is 0. The number of para-hydroxylation sites is 2. The minimum absolute atomic E-state index is 0. The van der Waals surface area contributed by atoms with E-state index in [1.165, 1.54) is 151 Å². The predicted molar refractivity (Wildman–Crippen MR) is 554 cm³/mol. The van der Waals surface area contributed by atoms with Gasteiger partial charge in [0, 0.05) is 88.7 Å². The van der Waals surface area contributed by atoms with E-state index in [1.807, 2.05) is 6.08 Å². The monoisotopic (exact) mass is 1680 g/mol. The van der Waals surface area contributed by atoms with E-state index < -0.39 is 0 Å². The summed E-state index contributed by atoms with van der Waals surface area (Å²) in [6, 6.07) is 163. The summed E-state index contributed by atoms with van der Waals surface area (Å²) in [5, 5.41) is 4.95. The van der Waals surface area contributed by atoms with Crippen molar-refractivity contribution in [3.63, 3.8) is 0 Å². The van der Waals surface area contributed by atoms with Crippen molar-refractivity contribution in [1.82, 2.24) is 9.13 Å². The molecule has 0 amide bonds. The van der Waals surface area contributed by atoms with Gasteiger partial charge in [-0.05, 0) is 271 Å². The van der Waals surface area contributed by atoms with Crippen LogP contribution in [0, 0.1) is 17.2 Å². The predicted octanol–water partition coefficient (Wildman–Crippen LogP) is 33.2. The molecule has 1 N–H and O–H groups in total. The van der Waals surface area contributed by atoms with Gasteiger partial charge in [-0.25, -0.2) is 0 Å². The quantitative estimate of drug-likeness (QED) is 0.0648. The fourth-order valence-corrected chi connectivity index (χ4v) is 17.3. The third-order valence-corrected chi connectivity index (χ3v) is 24.1. The molecule has 0 saturated carbocycles. The standard InChI is InChI=1S/C58H46N2.C56H40N2.C4H8O.C2H2.CH4.Al.B.HN/c1-3-41(2)42-19-21-47(22-20-42)49-29-37-57-55(39-49)56-40-50(30-38-58(56)60(57)51-17-11-6-12-18-51)48-27-35-54(36-28-48)59(52-31-23-45(24-32-52)43-13-7-4-8-14-43)53-33-25-46(26-34-53)44-15-9-5-10-16-44;1-2-40-18-20-45(21-19-40)47-28-36-55-53(38-47)54-39-48(29-37-56(54)58(55)49-16-10-5-11-17-49)46-26-34-52(35-27-46)57(50-30-22-43(23-31-50)41-12-6-3-7-13-41)51-32-24-44(25-33-51)42-14-8-4-9-15-42;1-2-4-5-3-1;1-2;;;;/h4-41H,3H2,1-2H3;2-39H,1H2;1-4H2;1-2H;1H4;;;1H. The van der Waals surface area contributed by atoms with E-state index in [9.17, 15) is 0 Å². The summed E-state index contributed by atoms with van der Waals surface area (Å²) in [5.74, 6) is 0.555. The normalized spacial score (nSPS) is 11.5. The summed E-state index contributed by atoms with van der Waals surface area (Å²) in [4.78, 5) is 4.69. The SMILES string of the molecule is C.C#C.C1CCOC1.C=Cc1ccc(-c2ccc3c(c2)c2cc(-c4ccc(N(c5ccc(-c6ccccc6)cc5)c5ccc(-c6ccccc6)cc5)cc4)ccc2n3-c2ccccc2)cc1.CCC(C)c1ccc(-c2ccc3c(c2)c2cc(-c4ccc(N(c5ccc(-c6ccccc6)cc5)c5ccc(-c6ccccc6)cc5)cc4)ccc2n3-c2ccccc2)cc1.[B].[NH]=[Al]. The van der Waals surface area contributed by atoms with Gasteiger partial charge in [0.1, 0.15) is 0 Å². The molecule has 3 heterocycles. The molecule has 6 nitrogen and oxygen atoms in total. The van der Waals surface area contributed by atoms with Crippen molar-refractivity contribution in [2.75, 3.05) is 23.0 Å². The number of benzene rings is 18. The zero-order valence-corrected chi connectivity index (χ0v) is 73.3. The number of aromatic nitrogens is 2. The Hall–Kier alpha value is -15.2. The molecule has 18 aromatic carbocycles. The first-order valence-corrected chi connectivity index (χ1v) is 44.1. The summed E-state index contributed by atoms with van der Waals surface area (Å²) in [6.07, 6.45) is 13.6. The van der Waals surface area contributed by atoms with Gasteiger partial charge in [0.05, 0.1) is 22.1 Å². The molecule has 1 unspecified atom stereocenters. The maximum absolute atomic E-state index is 5.67. The Morgan fingerprint density at radius 3 is 0.721 bits per heavy atom. The van der Waals surface area contributed by atoms with E-state index in [4.69, 9.17) is 9.08 Å². The van der Waals surface area contributed by atoms with Crippen molar-refractivity contribution in [3.05, 3.63) is 467 Å². The molecule has 129 heavy (non-hydrogen) atoms. The zero-order valence-electron chi connectivity index (χ0n) is 72.1. The molecule has 21 rings (SSSR count). The summed E-state index contributed by atoms with van der Waals surface area (Å²) >= 11 is 1.67. The summed E-state index contributed by atoms with van der Waals surface area (Å²) in [7, 11) is 0. The summed E-state index contributed by atoms with van der Waals surface area (Å²) < 4.78 is 15.4. The van der Waals surface area contributed by atoms with E-state index in [0.29, 0.717) is 5.92 Å². The van der Waals surface area contributed by atoms with Gasteiger partial charge in [0.2, 0.25) is 0 Å². The van der Waals surface area contributed by atoms with Crippen LogP contribution in [-0.4, -0.2) is 46.9 Å². The number of nitrogens with one attached hydrogen (secondary N) is 1. The third-order valence-electron chi connectivity index (χ3n) is 24.1.